The van der Waals surface area contributed by atoms with E-state index in [9.17, 15) is 4.79 Å². The van der Waals surface area contributed by atoms with Crippen molar-refractivity contribution >= 4 is 5.91 Å². The number of allylic oxidation sites excluding steroid dienone is 2. The standard InChI is InChI=1S/C12H22N2O/c1-6-8-9-11(3)12(15)13-14(4,5)10-7-2/h6,9H,1,7-8,10H2,2-5H3/p+1. The Morgan fingerprint density at radius 1 is 1.47 bits per heavy atom. The van der Waals surface area contributed by atoms with Crippen molar-refractivity contribution in [1.82, 2.24) is 5.43 Å². The van der Waals surface area contributed by atoms with Crippen LogP contribution in [0.25, 0.3) is 0 Å². The highest BCUT2D eigenvalue weighted by atomic mass is 16.2. The Hall–Kier alpha value is -1.09. The van der Waals surface area contributed by atoms with Crippen molar-refractivity contribution in [1.29, 1.82) is 0 Å². The summed E-state index contributed by atoms with van der Waals surface area (Å²) in [6.45, 7) is 8.47. The van der Waals surface area contributed by atoms with Crippen LogP contribution in [0.15, 0.2) is 24.3 Å². The molecule has 0 atom stereocenters. The van der Waals surface area contributed by atoms with Gasteiger partial charge in [-0.05, 0) is 19.8 Å². The average Bonchev–Trinajstić information content (AvgIpc) is 2.13. The Kier molecular flexibility index (Phi) is 5.94. The van der Waals surface area contributed by atoms with Crippen molar-refractivity contribution in [3.63, 3.8) is 0 Å². The van der Waals surface area contributed by atoms with Gasteiger partial charge in [0.05, 0.1) is 14.1 Å². The van der Waals surface area contributed by atoms with Gasteiger partial charge in [0.25, 0.3) is 5.91 Å². The van der Waals surface area contributed by atoms with E-state index in [0.717, 1.165) is 25.0 Å². The Balaban J connectivity index is 4.29. The largest absolute Gasteiger partial charge is 0.291 e. The fourth-order valence-electron chi connectivity index (χ4n) is 1.33. The quantitative estimate of drug-likeness (QED) is 0.310. The van der Waals surface area contributed by atoms with Crippen LogP contribution >= 0.6 is 0 Å². The molecule has 0 bridgehead atoms. The molecule has 86 valence electrons. The van der Waals surface area contributed by atoms with Crippen molar-refractivity contribution < 1.29 is 9.39 Å². The van der Waals surface area contributed by atoms with Crippen molar-refractivity contribution in [2.45, 2.75) is 26.7 Å². The molecule has 0 spiro atoms. The number of quaternary nitrogens is 1. The molecule has 0 aromatic rings. The Morgan fingerprint density at radius 3 is 2.53 bits per heavy atom. The van der Waals surface area contributed by atoms with Gasteiger partial charge in [-0.3, -0.25) is 4.79 Å². The van der Waals surface area contributed by atoms with E-state index < -0.39 is 0 Å². The van der Waals surface area contributed by atoms with Crippen LogP contribution in [0.5, 0.6) is 0 Å². The van der Waals surface area contributed by atoms with E-state index in [1.807, 2.05) is 27.1 Å². The second-order valence-corrected chi connectivity index (χ2v) is 4.26. The third-order valence-corrected chi connectivity index (χ3v) is 2.14. The molecule has 0 radical (unpaired) electrons. The monoisotopic (exact) mass is 211 g/mol. The van der Waals surface area contributed by atoms with E-state index in [4.69, 9.17) is 0 Å². The summed E-state index contributed by atoms with van der Waals surface area (Å²) in [7, 11) is 3.98. The molecule has 0 fully saturated rings. The molecule has 0 aliphatic heterocycles. The molecule has 0 aromatic carbocycles. The summed E-state index contributed by atoms with van der Waals surface area (Å²) in [6.07, 6.45) is 5.44. The molecule has 0 saturated carbocycles. The zero-order chi connectivity index (χ0) is 11.9. The minimum Gasteiger partial charge on any atom is -0.265 e. The lowest BCUT2D eigenvalue weighted by Gasteiger charge is -2.28. The SMILES string of the molecule is C=CCC=C(C)C(=O)N[N+](C)(C)CCC. The van der Waals surface area contributed by atoms with Crippen LogP contribution in [0, 0.1) is 0 Å². The van der Waals surface area contributed by atoms with Gasteiger partial charge >= 0.3 is 0 Å². The Bertz CT molecular complexity index is 254. The number of carbonyl (C=O) groups is 1. The maximum Gasteiger partial charge on any atom is 0.291 e. The highest BCUT2D eigenvalue weighted by Gasteiger charge is 2.18. The van der Waals surface area contributed by atoms with Crippen molar-refractivity contribution in [2.75, 3.05) is 20.6 Å². The number of carbonyl (C=O) groups excluding carboxylic acids is 1. The molecule has 3 nitrogen and oxygen atoms in total. The minimum atomic E-state index is -0.00435. The van der Waals surface area contributed by atoms with E-state index in [2.05, 4.69) is 18.9 Å². The Morgan fingerprint density at radius 2 is 2.07 bits per heavy atom. The summed E-state index contributed by atoms with van der Waals surface area (Å²) in [5, 5.41) is 0. The zero-order valence-electron chi connectivity index (χ0n) is 10.3. The molecular weight excluding hydrogens is 188 g/mol. The maximum atomic E-state index is 11.7. The van der Waals surface area contributed by atoms with Gasteiger partial charge < -0.3 is 0 Å². The molecular formula is C12H23N2O+. The molecule has 0 saturated heterocycles. The van der Waals surface area contributed by atoms with Crippen molar-refractivity contribution in [3.05, 3.63) is 24.3 Å². The van der Waals surface area contributed by atoms with E-state index in [1.54, 1.807) is 6.08 Å². The van der Waals surface area contributed by atoms with Crippen LogP contribution in [-0.2, 0) is 4.79 Å². The van der Waals surface area contributed by atoms with Crippen molar-refractivity contribution in [2.24, 2.45) is 0 Å². The van der Waals surface area contributed by atoms with Gasteiger partial charge in [-0.15, -0.1) is 6.58 Å². The normalized spacial score (nSPS) is 12.4. The predicted octanol–water partition coefficient (Wildman–Crippen LogP) is 2.03. The predicted molar refractivity (Wildman–Crippen MR) is 64.0 cm³/mol. The van der Waals surface area contributed by atoms with Gasteiger partial charge in [0.1, 0.15) is 6.54 Å². The fraction of sp³-hybridized carbons (Fsp3) is 0.583. The number of hydrogen-bond acceptors (Lipinski definition) is 1. The van der Waals surface area contributed by atoms with Gasteiger partial charge in [-0.1, -0.05) is 19.1 Å². The Labute approximate surface area is 93.0 Å². The molecule has 3 heteroatoms. The van der Waals surface area contributed by atoms with Crippen LogP contribution in [0.4, 0.5) is 0 Å². The van der Waals surface area contributed by atoms with E-state index in [-0.39, 0.29) is 5.91 Å². The average molecular weight is 211 g/mol. The number of amides is 1. The summed E-state index contributed by atoms with van der Waals surface area (Å²) in [5.41, 5.74) is 3.71. The van der Waals surface area contributed by atoms with Gasteiger partial charge in [-0.25, -0.2) is 4.59 Å². The van der Waals surface area contributed by atoms with E-state index in [0.29, 0.717) is 4.59 Å². The lowest BCUT2D eigenvalue weighted by molar-refractivity contribution is -0.925. The lowest BCUT2D eigenvalue weighted by Crippen LogP contribution is -2.54. The first kappa shape index (κ1) is 13.9. The van der Waals surface area contributed by atoms with Gasteiger partial charge in [0.15, 0.2) is 0 Å². The summed E-state index contributed by atoms with van der Waals surface area (Å²) in [6, 6.07) is 0. The van der Waals surface area contributed by atoms with Crippen LogP contribution in [0.2, 0.25) is 0 Å². The van der Waals surface area contributed by atoms with Crippen LogP contribution in [-0.4, -0.2) is 31.1 Å². The molecule has 0 heterocycles. The lowest BCUT2D eigenvalue weighted by atomic mass is 10.2. The third kappa shape index (κ3) is 6.07. The molecule has 0 rings (SSSR count). The smallest absolute Gasteiger partial charge is 0.265 e. The molecule has 15 heavy (non-hydrogen) atoms. The topological polar surface area (TPSA) is 29.1 Å². The molecule has 0 unspecified atom stereocenters. The van der Waals surface area contributed by atoms with Gasteiger partial charge in [0, 0.05) is 5.57 Å². The fourth-order valence-corrected chi connectivity index (χ4v) is 1.33. The first-order valence-electron chi connectivity index (χ1n) is 5.36. The van der Waals surface area contributed by atoms with Crippen molar-refractivity contribution in [3.8, 4) is 0 Å². The molecule has 0 aliphatic rings. The second kappa shape index (κ2) is 6.40. The number of nitrogens with zero attached hydrogens (tertiary/aromatic N) is 1. The highest BCUT2D eigenvalue weighted by Crippen LogP contribution is 2.00. The summed E-state index contributed by atoms with van der Waals surface area (Å²) in [5.74, 6) is -0.00435. The number of nitrogens with one attached hydrogen (secondary N) is 1. The molecule has 0 aliphatic carbocycles. The third-order valence-electron chi connectivity index (χ3n) is 2.14. The highest BCUT2D eigenvalue weighted by molar-refractivity contribution is 5.91. The van der Waals surface area contributed by atoms with Crippen LogP contribution in [0.1, 0.15) is 26.7 Å². The first-order chi connectivity index (χ1) is 6.93. The van der Waals surface area contributed by atoms with E-state index >= 15 is 0 Å². The van der Waals surface area contributed by atoms with Gasteiger partial charge in [0.2, 0.25) is 0 Å². The van der Waals surface area contributed by atoms with Gasteiger partial charge in [-0.2, -0.15) is 5.43 Å². The molecule has 0 aromatic heterocycles. The van der Waals surface area contributed by atoms with E-state index in [1.165, 1.54) is 0 Å². The number of hydrogen-bond donors (Lipinski definition) is 1. The molecule has 1 amide bonds. The first-order valence-corrected chi connectivity index (χ1v) is 5.36. The van der Waals surface area contributed by atoms with Crippen LogP contribution in [0.3, 0.4) is 0 Å². The summed E-state index contributed by atoms with van der Waals surface area (Å²) in [4.78, 5) is 11.7. The summed E-state index contributed by atoms with van der Waals surface area (Å²) >= 11 is 0. The zero-order valence-corrected chi connectivity index (χ0v) is 10.3. The second-order valence-electron chi connectivity index (χ2n) is 4.26. The van der Waals surface area contributed by atoms with Crippen LogP contribution < -0.4 is 5.43 Å². The molecule has 1 N–H and O–H groups in total. The summed E-state index contributed by atoms with van der Waals surface area (Å²) < 4.78 is 0.522. The maximum absolute atomic E-state index is 11.7. The minimum absolute atomic E-state index is 0.00435. The number of rotatable bonds is 6.